The average molecular weight is 290 g/mol. The van der Waals surface area contributed by atoms with Gasteiger partial charge >= 0.3 is 0 Å². The molecule has 3 atom stereocenters. The summed E-state index contributed by atoms with van der Waals surface area (Å²) in [6, 6.07) is 8.16. The van der Waals surface area contributed by atoms with Crippen molar-refractivity contribution in [2.24, 2.45) is 0 Å². The molecule has 0 aromatic heterocycles. The number of ether oxygens (including phenoxy) is 1. The molecule has 1 N–H and O–H groups in total. The molecule has 1 aromatic carbocycles. The first-order valence-corrected chi connectivity index (χ1v) is 8.26. The van der Waals surface area contributed by atoms with E-state index in [1.165, 1.54) is 24.0 Å². The van der Waals surface area contributed by atoms with E-state index in [9.17, 15) is 0 Å². The molecule has 0 aliphatic heterocycles. The van der Waals surface area contributed by atoms with Gasteiger partial charge in [-0.2, -0.15) is 0 Å². The molecule has 0 amide bonds. The summed E-state index contributed by atoms with van der Waals surface area (Å²) in [6.45, 7) is 8.02. The summed E-state index contributed by atoms with van der Waals surface area (Å²) in [5.74, 6) is 0.969. The number of aryl methyl sites for hydroxylation is 1. The van der Waals surface area contributed by atoms with Crippen LogP contribution in [0.3, 0.4) is 0 Å². The second-order valence-corrected chi connectivity index (χ2v) is 6.02. The van der Waals surface area contributed by atoms with E-state index in [0.29, 0.717) is 18.1 Å². The topological polar surface area (TPSA) is 24.5 Å². The Hall–Kier alpha value is -1.06. The van der Waals surface area contributed by atoms with Crippen molar-refractivity contribution in [2.75, 3.05) is 20.7 Å². The van der Waals surface area contributed by atoms with Gasteiger partial charge in [0.1, 0.15) is 5.75 Å². The SMILES string of the molecule is CCC(C)N(CC)C1CCc2cc(OC)ccc2C1NC. The molecular weight excluding hydrogens is 260 g/mol. The maximum Gasteiger partial charge on any atom is 0.119 e. The van der Waals surface area contributed by atoms with Crippen LogP contribution in [-0.2, 0) is 6.42 Å². The highest BCUT2D eigenvalue weighted by molar-refractivity contribution is 5.40. The number of rotatable bonds is 6. The Morgan fingerprint density at radius 3 is 2.71 bits per heavy atom. The Balaban J connectivity index is 2.30. The normalized spacial score (nSPS) is 23.0. The van der Waals surface area contributed by atoms with Crippen LogP contribution >= 0.6 is 0 Å². The summed E-state index contributed by atoms with van der Waals surface area (Å²) in [6.07, 6.45) is 3.56. The third-order valence-electron chi connectivity index (χ3n) is 5.04. The van der Waals surface area contributed by atoms with E-state index in [0.717, 1.165) is 18.7 Å². The number of nitrogens with one attached hydrogen (secondary N) is 1. The maximum atomic E-state index is 5.37. The number of benzene rings is 1. The smallest absolute Gasteiger partial charge is 0.119 e. The van der Waals surface area contributed by atoms with Crippen molar-refractivity contribution in [3.05, 3.63) is 29.3 Å². The van der Waals surface area contributed by atoms with E-state index in [1.54, 1.807) is 7.11 Å². The zero-order chi connectivity index (χ0) is 15.4. The van der Waals surface area contributed by atoms with Crippen molar-refractivity contribution < 1.29 is 4.74 Å². The third-order valence-corrected chi connectivity index (χ3v) is 5.04. The second-order valence-electron chi connectivity index (χ2n) is 6.02. The molecule has 0 bridgehead atoms. The van der Waals surface area contributed by atoms with Crippen molar-refractivity contribution >= 4 is 0 Å². The Labute approximate surface area is 129 Å². The van der Waals surface area contributed by atoms with Crippen molar-refractivity contribution in [1.29, 1.82) is 0 Å². The minimum atomic E-state index is 0.411. The number of fused-ring (bicyclic) bond motifs is 1. The lowest BCUT2D eigenvalue weighted by atomic mass is 9.82. The highest BCUT2D eigenvalue weighted by atomic mass is 16.5. The summed E-state index contributed by atoms with van der Waals surface area (Å²) in [7, 11) is 3.83. The number of hydrogen-bond acceptors (Lipinski definition) is 3. The van der Waals surface area contributed by atoms with Gasteiger partial charge in [-0.1, -0.05) is 19.9 Å². The predicted octanol–water partition coefficient (Wildman–Crippen LogP) is 3.39. The van der Waals surface area contributed by atoms with Gasteiger partial charge in [0.15, 0.2) is 0 Å². The Kier molecular flexibility index (Phi) is 5.65. The number of hydrogen-bond donors (Lipinski definition) is 1. The molecule has 3 unspecified atom stereocenters. The van der Waals surface area contributed by atoms with E-state index in [2.05, 4.69) is 56.2 Å². The minimum Gasteiger partial charge on any atom is -0.497 e. The van der Waals surface area contributed by atoms with Crippen LogP contribution in [0.1, 0.15) is 50.8 Å². The molecule has 118 valence electrons. The van der Waals surface area contributed by atoms with E-state index in [4.69, 9.17) is 4.74 Å². The van der Waals surface area contributed by atoms with Crippen LogP contribution in [0.15, 0.2) is 18.2 Å². The van der Waals surface area contributed by atoms with Crippen LogP contribution < -0.4 is 10.1 Å². The second kappa shape index (κ2) is 7.28. The molecule has 3 heteroatoms. The molecule has 2 rings (SSSR count). The average Bonchev–Trinajstić information content (AvgIpc) is 2.54. The number of likely N-dealkylation sites (N-methyl/N-ethyl adjacent to an activating group) is 2. The summed E-state index contributed by atoms with van der Waals surface area (Å²) in [4.78, 5) is 2.66. The molecule has 21 heavy (non-hydrogen) atoms. The molecule has 0 radical (unpaired) electrons. The lowest BCUT2D eigenvalue weighted by molar-refractivity contribution is 0.105. The number of nitrogens with zero attached hydrogens (tertiary/aromatic N) is 1. The Bertz CT molecular complexity index is 461. The van der Waals surface area contributed by atoms with Gasteiger partial charge in [-0.05, 0) is 63.0 Å². The lowest BCUT2D eigenvalue weighted by Crippen LogP contribution is -2.49. The van der Waals surface area contributed by atoms with Gasteiger partial charge in [0, 0.05) is 18.1 Å². The van der Waals surface area contributed by atoms with Crippen molar-refractivity contribution in [2.45, 2.75) is 58.2 Å². The summed E-state index contributed by atoms with van der Waals surface area (Å²) in [5, 5.41) is 3.56. The van der Waals surface area contributed by atoms with E-state index < -0.39 is 0 Å². The van der Waals surface area contributed by atoms with Gasteiger partial charge in [0.25, 0.3) is 0 Å². The Morgan fingerprint density at radius 1 is 1.38 bits per heavy atom. The number of methoxy groups -OCH3 is 1. The van der Waals surface area contributed by atoms with Gasteiger partial charge in [-0.25, -0.2) is 0 Å². The standard InChI is InChI=1S/C18H30N2O/c1-6-13(3)20(7-2)17-11-8-14-12-15(21-5)9-10-16(14)18(17)19-4/h9-10,12-13,17-19H,6-8,11H2,1-5H3. The zero-order valence-corrected chi connectivity index (χ0v) is 14.1. The highest BCUT2D eigenvalue weighted by Crippen LogP contribution is 2.35. The van der Waals surface area contributed by atoms with Crippen LogP contribution in [0.2, 0.25) is 0 Å². The maximum absolute atomic E-state index is 5.37. The van der Waals surface area contributed by atoms with Gasteiger partial charge in [0.2, 0.25) is 0 Å². The van der Waals surface area contributed by atoms with Crippen molar-refractivity contribution in [3.8, 4) is 5.75 Å². The monoisotopic (exact) mass is 290 g/mol. The largest absolute Gasteiger partial charge is 0.497 e. The summed E-state index contributed by atoms with van der Waals surface area (Å²) < 4.78 is 5.37. The fourth-order valence-electron chi connectivity index (χ4n) is 3.72. The Morgan fingerprint density at radius 2 is 2.14 bits per heavy atom. The molecule has 0 saturated carbocycles. The molecule has 0 spiro atoms. The zero-order valence-electron chi connectivity index (χ0n) is 14.1. The first kappa shape index (κ1) is 16.3. The quantitative estimate of drug-likeness (QED) is 0.869. The highest BCUT2D eigenvalue weighted by Gasteiger charge is 2.33. The van der Waals surface area contributed by atoms with Crippen LogP contribution in [-0.4, -0.2) is 37.7 Å². The fourth-order valence-corrected chi connectivity index (χ4v) is 3.72. The molecule has 3 nitrogen and oxygen atoms in total. The minimum absolute atomic E-state index is 0.411. The summed E-state index contributed by atoms with van der Waals surface area (Å²) >= 11 is 0. The predicted molar refractivity (Wildman–Crippen MR) is 89.0 cm³/mol. The molecule has 1 aliphatic carbocycles. The first-order chi connectivity index (χ1) is 10.2. The van der Waals surface area contributed by atoms with E-state index >= 15 is 0 Å². The van der Waals surface area contributed by atoms with Gasteiger partial charge in [-0.15, -0.1) is 0 Å². The van der Waals surface area contributed by atoms with Gasteiger partial charge in [-0.3, -0.25) is 4.90 Å². The molecule has 0 fully saturated rings. The van der Waals surface area contributed by atoms with Crippen molar-refractivity contribution in [3.63, 3.8) is 0 Å². The van der Waals surface area contributed by atoms with E-state index in [1.807, 2.05) is 0 Å². The summed E-state index contributed by atoms with van der Waals surface area (Å²) in [5.41, 5.74) is 2.88. The molecular formula is C18H30N2O. The van der Waals surface area contributed by atoms with Crippen LogP contribution in [0.5, 0.6) is 5.75 Å². The molecule has 1 aliphatic rings. The van der Waals surface area contributed by atoms with Crippen LogP contribution in [0, 0.1) is 0 Å². The molecule has 0 heterocycles. The lowest BCUT2D eigenvalue weighted by Gasteiger charge is -2.43. The third kappa shape index (κ3) is 3.24. The first-order valence-electron chi connectivity index (χ1n) is 8.26. The van der Waals surface area contributed by atoms with Crippen LogP contribution in [0.4, 0.5) is 0 Å². The van der Waals surface area contributed by atoms with Crippen molar-refractivity contribution in [1.82, 2.24) is 10.2 Å². The molecule has 1 aromatic rings. The van der Waals surface area contributed by atoms with Crippen LogP contribution in [0.25, 0.3) is 0 Å². The van der Waals surface area contributed by atoms with E-state index in [-0.39, 0.29) is 0 Å². The van der Waals surface area contributed by atoms with Gasteiger partial charge < -0.3 is 10.1 Å². The molecule has 0 saturated heterocycles. The van der Waals surface area contributed by atoms with Gasteiger partial charge in [0.05, 0.1) is 7.11 Å². The fraction of sp³-hybridized carbons (Fsp3) is 0.667.